The van der Waals surface area contributed by atoms with Gasteiger partial charge in [-0.3, -0.25) is 0 Å². The van der Waals surface area contributed by atoms with Crippen molar-refractivity contribution in [2.45, 2.75) is 39.7 Å². The molecule has 0 aromatic heterocycles. The first kappa shape index (κ1) is 14.6. The van der Waals surface area contributed by atoms with E-state index < -0.39 is 0 Å². The van der Waals surface area contributed by atoms with E-state index in [0.29, 0.717) is 12.3 Å². The molecule has 0 spiro atoms. The maximum atomic E-state index is 11.9. The van der Waals surface area contributed by atoms with Gasteiger partial charge < -0.3 is 10.1 Å². The quantitative estimate of drug-likeness (QED) is 0.557. The molecule has 0 aliphatic heterocycles. The highest BCUT2D eigenvalue weighted by Gasteiger charge is 2.14. The summed E-state index contributed by atoms with van der Waals surface area (Å²) in [7, 11) is 0. The maximum absolute atomic E-state index is 11.9. The average molecular weight is 249 g/mol. The monoisotopic (exact) mass is 249 g/mol. The smallest absolute Gasteiger partial charge is 0.354 e. The lowest BCUT2D eigenvalue weighted by Gasteiger charge is -2.17. The molecule has 0 aromatic rings. The number of hydrogen-bond donors (Lipinski definition) is 1. The van der Waals surface area contributed by atoms with Crippen LogP contribution in [-0.4, -0.2) is 18.6 Å². The van der Waals surface area contributed by atoms with Gasteiger partial charge in [0.2, 0.25) is 0 Å². The van der Waals surface area contributed by atoms with Crippen LogP contribution in [0.25, 0.3) is 0 Å². The zero-order chi connectivity index (χ0) is 13.4. The Hall–Kier alpha value is -1.51. The third-order valence-corrected chi connectivity index (χ3v) is 2.76. The van der Waals surface area contributed by atoms with Gasteiger partial charge in [0.15, 0.2) is 0 Å². The Bertz CT molecular complexity index is 344. The number of allylic oxidation sites excluding steroid dienone is 5. The molecule has 1 atom stereocenters. The summed E-state index contributed by atoms with van der Waals surface area (Å²) in [4.78, 5) is 11.9. The fourth-order valence-corrected chi connectivity index (χ4v) is 1.91. The highest BCUT2D eigenvalue weighted by molar-refractivity contribution is 5.88. The predicted molar refractivity (Wildman–Crippen MR) is 74.0 cm³/mol. The van der Waals surface area contributed by atoms with Crippen LogP contribution in [-0.2, 0) is 9.53 Å². The summed E-state index contributed by atoms with van der Waals surface area (Å²) in [5.41, 5.74) is 0.569. The van der Waals surface area contributed by atoms with Gasteiger partial charge in [-0.25, -0.2) is 4.79 Å². The van der Waals surface area contributed by atoms with Crippen molar-refractivity contribution in [3.63, 3.8) is 0 Å². The second kappa shape index (κ2) is 7.75. The average Bonchev–Trinajstić information content (AvgIpc) is 2.81. The summed E-state index contributed by atoms with van der Waals surface area (Å²) >= 11 is 0. The van der Waals surface area contributed by atoms with E-state index in [1.807, 2.05) is 37.3 Å². The lowest BCUT2D eigenvalue weighted by atomic mass is 10.1. The van der Waals surface area contributed by atoms with Gasteiger partial charge in [0.25, 0.3) is 0 Å². The summed E-state index contributed by atoms with van der Waals surface area (Å²) in [5.74, 6) is -0.0834. The van der Waals surface area contributed by atoms with Crippen molar-refractivity contribution < 1.29 is 9.53 Å². The number of nitrogens with one attached hydrogen (secondary N) is 1. The second-order valence-corrected chi connectivity index (χ2v) is 4.48. The number of esters is 1. The largest absolute Gasteiger partial charge is 0.461 e. The van der Waals surface area contributed by atoms with Crippen molar-refractivity contribution in [1.29, 1.82) is 0 Å². The minimum atomic E-state index is -0.269. The molecule has 0 amide bonds. The van der Waals surface area contributed by atoms with Gasteiger partial charge in [0, 0.05) is 12.0 Å². The molecule has 100 valence electrons. The van der Waals surface area contributed by atoms with E-state index in [4.69, 9.17) is 4.74 Å². The van der Waals surface area contributed by atoms with Gasteiger partial charge in [-0.05, 0) is 26.3 Å². The lowest BCUT2D eigenvalue weighted by molar-refractivity contribution is -0.139. The van der Waals surface area contributed by atoms with Crippen LogP contribution in [0.15, 0.2) is 36.1 Å². The van der Waals surface area contributed by atoms with E-state index in [0.717, 1.165) is 12.8 Å². The Labute approximate surface area is 110 Å². The first-order chi connectivity index (χ1) is 8.67. The molecule has 0 saturated carbocycles. The summed E-state index contributed by atoms with van der Waals surface area (Å²) in [6.07, 6.45) is 12.1. The molecule has 1 N–H and O–H groups in total. The van der Waals surface area contributed by atoms with Gasteiger partial charge in [-0.15, -0.1) is 0 Å². The minimum absolute atomic E-state index is 0.186. The molecular weight excluding hydrogens is 226 g/mol. The Kier molecular flexibility index (Phi) is 6.26. The van der Waals surface area contributed by atoms with Gasteiger partial charge in [0.05, 0.1) is 6.61 Å². The third-order valence-electron chi connectivity index (χ3n) is 2.76. The van der Waals surface area contributed by atoms with Crippen LogP contribution in [0.5, 0.6) is 0 Å². The van der Waals surface area contributed by atoms with Crippen LogP contribution < -0.4 is 5.32 Å². The topological polar surface area (TPSA) is 38.3 Å². The van der Waals surface area contributed by atoms with Crippen molar-refractivity contribution >= 4 is 5.97 Å². The zero-order valence-electron chi connectivity index (χ0n) is 11.5. The molecule has 0 heterocycles. The molecule has 0 bridgehead atoms. The van der Waals surface area contributed by atoms with Gasteiger partial charge in [-0.1, -0.05) is 37.6 Å². The Morgan fingerprint density at radius 1 is 1.39 bits per heavy atom. The van der Waals surface area contributed by atoms with E-state index in [1.54, 1.807) is 0 Å². The molecule has 1 rings (SSSR count). The highest BCUT2D eigenvalue weighted by Crippen LogP contribution is 2.13. The molecule has 3 heteroatoms. The van der Waals surface area contributed by atoms with Crippen LogP contribution in [0.4, 0.5) is 0 Å². The molecule has 18 heavy (non-hydrogen) atoms. The Morgan fingerprint density at radius 3 is 2.61 bits per heavy atom. The van der Waals surface area contributed by atoms with Crippen molar-refractivity contribution in [3.05, 3.63) is 36.1 Å². The summed E-state index contributed by atoms with van der Waals surface area (Å²) < 4.78 is 5.08. The van der Waals surface area contributed by atoms with Crippen LogP contribution in [0, 0.1) is 5.92 Å². The fourth-order valence-electron chi connectivity index (χ4n) is 1.91. The van der Waals surface area contributed by atoms with Crippen molar-refractivity contribution in [1.82, 2.24) is 5.32 Å². The normalized spacial score (nSPS) is 16.9. The number of ether oxygens (including phenoxy) is 1. The standard InChI is InChI=1S/C15H23NO2/c1-4-8-12(3)16-14(15(17)18-5-2)11-13-9-6-7-10-13/h6-7,9-13,16H,4-5,8H2,1-3H3/b14-11-/t12-/m1/s1. The molecule has 0 fully saturated rings. The molecule has 0 aromatic carbocycles. The van der Waals surface area contributed by atoms with E-state index >= 15 is 0 Å². The van der Waals surface area contributed by atoms with Crippen molar-refractivity contribution in [2.24, 2.45) is 5.92 Å². The highest BCUT2D eigenvalue weighted by atomic mass is 16.5. The summed E-state index contributed by atoms with van der Waals surface area (Å²) in [6, 6.07) is 0.278. The molecular formula is C15H23NO2. The number of rotatable bonds is 7. The van der Waals surface area contributed by atoms with E-state index in [1.165, 1.54) is 0 Å². The first-order valence-corrected chi connectivity index (χ1v) is 6.67. The minimum Gasteiger partial charge on any atom is -0.461 e. The SMILES string of the molecule is CCC[C@@H](C)N/C(=C\C1C=CC=C1)C(=O)OCC. The fraction of sp³-hybridized carbons (Fsp3) is 0.533. The predicted octanol–water partition coefficient (Wildman–Crippen LogP) is 2.95. The van der Waals surface area contributed by atoms with Crippen LogP contribution in [0.2, 0.25) is 0 Å². The lowest BCUT2D eigenvalue weighted by Crippen LogP contribution is -2.30. The van der Waals surface area contributed by atoms with E-state index in [2.05, 4.69) is 19.2 Å². The summed E-state index contributed by atoms with van der Waals surface area (Å²) in [6.45, 7) is 6.43. The van der Waals surface area contributed by atoms with Crippen LogP contribution in [0.3, 0.4) is 0 Å². The van der Waals surface area contributed by atoms with E-state index in [9.17, 15) is 4.79 Å². The molecule has 1 aliphatic carbocycles. The third kappa shape index (κ3) is 4.78. The summed E-state index contributed by atoms with van der Waals surface area (Å²) in [5, 5.41) is 3.25. The van der Waals surface area contributed by atoms with Crippen molar-refractivity contribution in [3.8, 4) is 0 Å². The van der Waals surface area contributed by atoms with E-state index in [-0.39, 0.29) is 17.9 Å². The number of carbonyl (C=O) groups excluding carboxylic acids is 1. The van der Waals surface area contributed by atoms with Crippen LogP contribution >= 0.6 is 0 Å². The Balaban J connectivity index is 2.70. The van der Waals surface area contributed by atoms with Crippen molar-refractivity contribution in [2.75, 3.05) is 6.61 Å². The maximum Gasteiger partial charge on any atom is 0.354 e. The van der Waals surface area contributed by atoms with Gasteiger partial charge >= 0.3 is 5.97 Å². The van der Waals surface area contributed by atoms with Gasteiger partial charge in [0.1, 0.15) is 5.70 Å². The zero-order valence-corrected chi connectivity index (χ0v) is 11.5. The van der Waals surface area contributed by atoms with Crippen LogP contribution in [0.1, 0.15) is 33.6 Å². The molecule has 3 nitrogen and oxygen atoms in total. The molecule has 0 unspecified atom stereocenters. The molecule has 1 aliphatic rings. The van der Waals surface area contributed by atoms with Gasteiger partial charge in [-0.2, -0.15) is 0 Å². The molecule has 0 radical (unpaired) electrons. The first-order valence-electron chi connectivity index (χ1n) is 6.67. The Morgan fingerprint density at radius 2 is 2.06 bits per heavy atom. The molecule has 0 saturated heterocycles. The number of hydrogen-bond acceptors (Lipinski definition) is 3. The second-order valence-electron chi connectivity index (χ2n) is 4.48. The number of carbonyl (C=O) groups is 1.